The highest BCUT2D eigenvalue weighted by Gasteiger charge is 2.21. The molecular formula is C9H18O3. The van der Waals surface area contributed by atoms with Gasteiger partial charge in [0, 0.05) is 6.61 Å². The number of hydrogen-bond donors (Lipinski definition) is 0. The largest absolute Gasteiger partial charge is 0.379 e. The molecule has 0 bridgehead atoms. The van der Waals surface area contributed by atoms with Crippen LogP contribution in [-0.4, -0.2) is 39.1 Å². The van der Waals surface area contributed by atoms with Crippen molar-refractivity contribution in [3.05, 3.63) is 0 Å². The van der Waals surface area contributed by atoms with E-state index in [1.807, 2.05) is 0 Å². The first kappa shape index (κ1) is 9.96. The summed E-state index contributed by atoms with van der Waals surface area (Å²) in [5.74, 6) is 0.608. The fraction of sp³-hybridized carbons (Fsp3) is 1.00. The van der Waals surface area contributed by atoms with Crippen molar-refractivity contribution >= 4 is 0 Å². The third-order valence-electron chi connectivity index (χ3n) is 1.53. The van der Waals surface area contributed by atoms with E-state index in [-0.39, 0.29) is 0 Å². The van der Waals surface area contributed by atoms with Crippen LogP contribution < -0.4 is 0 Å². The Hall–Kier alpha value is -0.120. The molecule has 0 saturated carbocycles. The van der Waals surface area contributed by atoms with Crippen LogP contribution in [0.4, 0.5) is 0 Å². The average molecular weight is 174 g/mol. The first-order valence-electron chi connectivity index (χ1n) is 4.56. The minimum absolute atomic E-state index is 0.370. The second kappa shape index (κ2) is 5.51. The van der Waals surface area contributed by atoms with Crippen molar-refractivity contribution in [3.63, 3.8) is 0 Å². The molecule has 1 heterocycles. The zero-order valence-corrected chi connectivity index (χ0v) is 7.91. The van der Waals surface area contributed by atoms with Gasteiger partial charge in [0.2, 0.25) is 0 Å². The summed E-state index contributed by atoms with van der Waals surface area (Å²) in [6, 6.07) is 0. The molecule has 0 amide bonds. The highest BCUT2D eigenvalue weighted by molar-refractivity contribution is 4.66. The molecule has 72 valence electrons. The van der Waals surface area contributed by atoms with Crippen molar-refractivity contribution < 1.29 is 14.2 Å². The number of ether oxygens (including phenoxy) is 3. The summed E-state index contributed by atoms with van der Waals surface area (Å²) in [4.78, 5) is 0. The smallest absolute Gasteiger partial charge is 0.104 e. The van der Waals surface area contributed by atoms with Gasteiger partial charge in [-0.05, 0) is 5.92 Å². The molecular weight excluding hydrogens is 156 g/mol. The van der Waals surface area contributed by atoms with Gasteiger partial charge in [-0.1, -0.05) is 13.8 Å². The van der Waals surface area contributed by atoms with Crippen molar-refractivity contribution in [2.45, 2.75) is 20.0 Å². The maximum Gasteiger partial charge on any atom is 0.104 e. The van der Waals surface area contributed by atoms with Crippen molar-refractivity contribution in [1.82, 2.24) is 0 Å². The standard InChI is InChI=1S/C9H18O3/c1-8(2)5-10-3-4-11-6-9-7-12-9/h8-9H,3-7H2,1-2H3. The summed E-state index contributed by atoms with van der Waals surface area (Å²) >= 11 is 0. The second-order valence-corrected chi connectivity index (χ2v) is 3.50. The zero-order valence-electron chi connectivity index (χ0n) is 7.91. The van der Waals surface area contributed by atoms with Crippen LogP contribution in [0.15, 0.2) is 0 Å². The van der Waals surface area contributed by atoms with Gasteiger partial charge >= 0.3 is 0 Å². The molecule has 3 heteroatoms. The Bertz CT molecular complexity index is 104. The molecule has 1 aliphatic heterocycles. The fourth-order valence-electron chi connectivity index (χ4n) is 0.816. The molecule has 0 spiro atoms. The first-order chi connectivity index (χ1) is 5.79. The van der Waals surface area contributed by atoms with E-state index in [4.69, 9.17) is 14.2 Å². The van der Waals surface area contributed by atoms with Gasteiger partial charge in [0.15, 0.2) is 0 Å². The van der Waals surface area contributed by atoms with Gasteiger partial charge in [-0.2, -0.15) is 0 Å². The molecule has 0 aliphatic carbocycles. The van der Waals surface area contributed by atoms with E-state index in [0.717, 1.165) is 19.8 Å². The molecule has 12 heavy (non-hydrogen) atoms. The SMILES string of the molecule is CC(C)COCCOCC1CO1. The Balaban J connectivity index is 1.70. The Morgan fingerprint density at radius 2 is 2.00 bits per heavy atom. The molecule has 1 atom stereocenters. The predicted molar refractivity (Wildman–Crippen MR) is 46.2 cm³/mol. The lowest BCUT2D eigenvalue weighted by Crippen LogP contribution is -2.10. The van der Waals surface area contributed by atoms with Crippen LogP contribution in [0.3, 0.4) is 0 Å². The van der Waals surface area contributed by atoms with Crippen LogP contribution in [-0.2, 0) is 14.2 Å². The molecule has 0 N–H and O–H groups in total. The third kappa shape index (κ3) is 5.52. The first-order valence-corrected chi connectivity index (χ1v) is 4.56. The van der Waals surface area contributed by atoms with E-state index >= 15 is 0 Å². The van der Waals surface area contributed by atoms with Gasteiger partial charge in [-0.25, -0.2) is 0 Å². The normalized spacial score (nSPS) is 21.8. The molecule has 1 fully saturated rings. The van der Waals surface area contributed by atoms with Crippen LogP contribution in [0, 0.1) is 5.92 Å². The highest BCUT2D eigenvalue weighted by Crippen LogP contribution is 2.07. The molecule has 0 aromatic heterocycles. The summed E-state index contributed by atoms with van der Waals surface area (Å²) in [6.07, 6.45) is 0.370. The molecule has 3 nitrogen and oxygen atoms in total. The molecule has 0 aromatic carbocycles. The van der Waals surface area contributed by atoms with Gasteiger partial charge in [-0.15, -0.1) is 0 Å². The average Bonchev–Trinajstić information content (AvgIpc) is 2.79. The van der Waals surface area contributed by atoms with Crippen molar-refractivity contribution in [2.24, 2.45) is 5.92 Å². The topological polar surface area (TPSA) is 31.0 Å². The van der Waals surface area contributed by atoms with E-state index in [9.17, 15) is 0 Å². The summed E-state index contributed by atoms with van der Waals surface area (Å²) in [6.45, 7) is 8.08. The van der Waals surface area contributed by atoms with Crippen LogP contribution in [0.25, 0.3) is 0 Å². The summed E-state index contributed by atoms with van der Waals surface area (Å²) in [5, 5.41) is 0. The van der Waals surface area contributed by atoms with Crippen molar-refractivity contribution in [3.8, 4) is 0 Å². The highest BCUT2D eigenvalue weighted by atomic mass is 16.6. The van der Waals surface area contributed by atoms with Crippen LogP contribution in [0.5, 0.6) is 0 Å². The van der Waals surface area contributed by atoms with Gasteiger partial charge in [0.1, 0.15) is 6.10 Å². The Labute approximate surface area is 74.0 Å². The maximum atomic E-state index is 5.33. The molecule has 1 rings (SSSR count). The van der Waals surface area contributed by atoms with E-state index in [0.29, 0.717) is 25.2 Å². The van der Waals surface area contributed by atoms with Gasteiger partial charge in [-0.3, -0.25) is 0 Å². The Morgan fingerprint density at radius 3 is 2.58 bits per heavy atom. The van der Waals surface area contributed by atoms with Crippen LogP contribution in [0.2, 0.25) is 0 Å². The fourth-order valence-corrected chi connectivity index (χ4v) is 0.816. The van der Waals surface area contributed by atoms with Crippen molar-refractivity contribution in [2.75, 3.05) is 33.0 Å². The minimum atomic E-state index is 0.370. The lowest BCUT2D eigenvalue weighted by atomic mass is 10.2. The third-order valence-corrected chi connectivity index (χ3v) is 1.53. The number of epoxide rings is 1. The summed E-state index contributed by atoms with van der Waals surface area (Å²) in [5.41, 5.74) is 0. The number of rotatable bonds is 7. The van der Waals surface area contributed by atoms with Gasteiger partial charge in [0.25, 0.3) is 0 Å². The van der Waals surface area contributed by atoms with Crippen molar-refractivity contribution in [1.29, 1.82) is 0 Å². The van der Waals surface area contributed by atoms with Crippen LogP contribution >= 0.6 is 0 Å². The van der Waals surface area contributed by atoms with E-state index in [1.165, 1.54) is 0 Å². The molecule has 1 saturated heterocycles. The monoisotopic (exact) mass is 174 g/mol. The van der Waals surface area contributed by atoms with Gasteiger partial charge in [0.05, 0.1) is 26.4 Å². The van der Waals surface area contributed by atoms with Crippen LogP contribution in [0.1, 0.15) is 13.8 Å². The molecule has 1 unspecified atom stereocenters. The zero-order chi connectivity index (χ0) is 8.81. The minimum Gasteiger partial charge on any atom is -0.379 e. The van der Waals surface area contributed by atoms with E-state index < -0.39 is 0 Å². The lowest BCUT2D eigenvalue weighted by molar-refractivity contribution is 0.0328. The summed E-state index contributed by atoms with van der Waals surface area (Å²) < 4.78 is 15.6. The summed E-state index contributed by atoms with van der Waals surface area (Å²) in [7, 11) is 0. The second-order valence-electron chi connectivity index (χ2n) is 3.50. The molecule has 1 aliphatic rings. The number of hydrogen-bond acceptors (Lipinski definition) is 3. The lowest BCUT2D eigenvalue weighted by Gasteiger charge is -2.06. The molecule has 0 radical (unpaired) electrons. The Morgan fingerprint density at radius 1 is 1.33 bits per heavy atom. The molecule has 0 aromatic rings. The van der Waals surface area contributed by atoms with E-state index in [1.54, 1.807) is 0 Å². The maximum absolute atomic E-state index is 5.33. The van der Waals surface area contributed by atoms with Gasteiger partial charge < -0.3 is 14.2 Å². The van der Waals surface area contributed by atoms with E-state index in [2.05, 4.69) is 13.8 Å². The predicted octanol–water partition coefficient (Wildman–Crippen LogP) is 1.07. The quantitative estimate of drug-likeness (QED) is 0.427. The Kier molecular flexibility index (Phi) is 4.58.